The molecular weight excluding hydrogens is 449 g/mol. The predicted molar refractivity (Wildman–Crippen MR) is 117 cm³/mol. The van der Waals surface area contributed by atoms with Crippen molar-refractivity contribution in [3.63, 3.8) is 0 Å². The second-order valence-corrected chi connectivity index (χ2v) is 8.31. The Bertz CT molecular complexity index is 1120. The molecule has 0 bridgehead atoms. The van der Waals surface area contributed by atoms with Crippen LogP contribution in [0, 0.1) is 11.3 Å². The fourth-order valence-corrected chi connectivity index (χ4v) is 3.97. The highest BCUT2D eigenvalue weighted by atomic mass is 19.4. The number of amides is 2. The lowest BCUT2D eigenvalue weighted by atomic mass is 10.0. The molecule has 0 spiro atoms. The van der Waals surface area contributed by atoms with Gasteiger partial charge in [0.15, 0.2) is 0 Å². The molecule has 178 valence electrons. The fourth-order valence-electron chi connectivity index (χ4n) is 3.97. The molecule has 1 aliphatic carbocycles. The minimum absolute atomic E-state index is 0.0314. The van der Waals surface area contributed by atoms with Gasteiger partial charge in [-0.05, 0) is 55.3 Å². The Hall–Kier alpha value is -3.74. The minimum atomic E-state index is -4.68. The van der Waals surface area contributed by atoms with Crippen molar-refractivity contribution in [2.45, 2.75) is 31.1 Å². The Morgan fingerprint density at radius 1 is 1.12 bits per heavy atom. The molecule has 2 amide bonds. The topological polar surface area (TPSA) is 85.7 Å². The first-order valence-corrected chi connectivity index (χ1v) is 10.8. The van der Waals surface area contributed by atoms with E-state index in [-0.39, 0.29) is 43.2 Å². The standard InChI is InChI=1S/C24H23F3N4O3/c1-34-19-8-3-15(4-9-19)23(33)31-11-10-30(14-21(31)22(32)29-17-5-6-17)18-7-2-16(13-28)20(12-18)24(25,26)27/h2-4,7-9,12,17,21H,5-6,10-11,14H2,1H3,(H,29,32). The van der Waals surface area contributed by atoms with Gasteiger partial charge in [-0.2, -0.15) is 18.4 Å². The van der Waals surface area contributed by atoms with Gasteiger partial charge in [0.05, 0.1) is 24.3 Å². The van der Waals surface area contributed by atoms with Gasteiger partial charge in [0.1, 0.15) is 11.8 Å². The van der Waals surface area contributed by atoms with Crippen LogP contribution in [0.4, 0.5) is 18.9 Å². The normalized spacial score (nSPS) is 18.3. The molecule has 1 saturated carbocycles. The molecule has 34 heavy (non-hydrogen) atoms. The third-order valence-corrected chi connectivity index (χ3v) is 6.00. The third kappa shape index (κ3) is 4.93. The summed E-state index contributed by atoms with van der Waals surface area (Å²) in [6.07, 6.45) is -2.96. The quantitative estimate of drug-likeness (QED) is 0.723. The number of methoxy groups -OCH3 is 1. The van der Waals surface area contributed by atoms with Crippen LogP contribution in [0.3, 0.4) is 0 Å². The molecule has 1 unspecified atom stereocenters. The maximum Gasteiger partial charge on any atom is 0.417 e. The number of piperazine rings is 1. The predicted octanol–water partition coefficient (Wildman–Crippen LogP) is 3.20. The Morgan fingerprint density at radius 2 is 1.82 bits per heavy atom. The Labute approximate surface area is 194 Å². The van der Waals surface area contributed by atoms with Crippen LogP contribution >= 0.6 is 0 Å². The number of ether oxygens (including phenoxy) is 1. The molecule has 2 aromatic rings. The molecule has 1 saturated heterocycles. The van der Waals surface area contributed by atoms with E-state index < -0.39 is 23.3 Å². The van der Waals surface area contributed by atoms with E-state index >= 15 is 0 Å². The highest BCUT2D eigenvalue weighted by molar-refractivity contribution is 5.98. The van der Waals surface area contributed by atoms with E-state index in [1.807, 2.05) is 0 Å². The molecule has 0 aromatic heterocycles. The first kappa shape index (κ1) is 23.4. The molecule has 4 rings (SSSR count). The summed E-state index contributed by atoms with van der Waals surface area (Å²) in [5.41, 5.74) is -0.862. The van der Waals surface area contributed by atoms with Gasteiger partial charge in [-0.1, -0.05) is 0 Å². The number of nitriles is 1. The zero-order valence-corrected chi connectivity index (χ0v) is 18.4. The van der Waals surface area contributed by atoms with Crippen molar-refractivity contribution in [2.24, 2.45) is 0 Å². The summed E-state index contributed by atoms with van der Waals surface area (Å²) in [4.78, 5) is 29.4. The number of benzene rings is 2. The van der Waals surface area contributed by atoms with Crippen molar-refractivity contribution in [3.8, 4) is 11.8 Å². The number of nitrogens with one attached hydrogen (secondary N) is 1. The van der Waals surface area contributed by atoms with E-state index in [0.29, 0.717) is 11.3 Å². The number of nitrogens with zero attached hydrogens (tertiary/aromatic N) is 3. The van der Waals surface area contributed by atoms with Crippen molar-refractivity contribution in [1.82, 2.24) is 10.2 Å². The van der Waals surface area contributed by atoms with Gasteiger partial charge in [0, 0.05) is 36.9 Å². The monoisotopic (exact) mass is 472 g/mol. The van der Waals surface area contributed by atoms with Gasteiger partial charge in [0.25, 0.3) is 5.91 Å². The van der Waals surface area contributed by atoms with Crippen molar-refractivity contribution in [3.05, 3.63) is 59.2 Å². The molecule has 1 N–H and O–H groups in total. The number of hydrogen-bond acceptors (Lipinski definition) is 5. The van der Waals surface area contributed by atoms with Crippen LogP contribution in [-0.4, -0.2) is 55.5 Å². The van der Waals surface area contributed by atoms with Crippen LogP contribution in [0.15, 0.2) is 42.5 Å². The van der Waals surface area contributed by atoms with Crippen LogP contribution in [0.2, 0.25) is 0 Å². The first-order chi connectivity index (χ1) is 16.2. The molecule has 1 aliphatic heterocycles. The summed E-state index contributed by atoms with van der Waals surface area (Å²) >= 11 is 0. The zero-order chi connectivity index (χ0) is 24.5. The Kier molecular flexibility index (Phi) is 6.37. The highest BCUT2D eigenvalue weighted by Gasteiger charge is 2.39. The molecule has 2 aliphatic rings. The number of rotatable bonds is 5. The molecule has 2 aromatic carbocycles. The SMILES string of the molecule is COc1ccc(C(=O)N2CCN(c3ccc(C#N)c(C(F)(F)F)c3)CC2C(=O)NC2CC2)cc1. The van der Waals surface area contributed by atoms with Crippen molar-refractivity contribution >= 4 is 17.5 Å². The lowest BCUT2D eigenvalue weighted by molar-refractivity contribution is -0.137. The average molecular weight is 472 g/mol. The molecule has 7 nitrogen and oxygen atoms in total. The number of hydrogen-bond donors (Lipinski definition) is 1. The summed E-state index contributed by atoms with van der Waals surface area (Å²) in [5.74, 6) is -0.0847. The molecule has 1 atom stereocenters. The van der Waals surface area contributed by atoms with E-state index in [0.717, 1.165) is 25.0 Å². The van der Waals surface area contributed by atoms with Crippen molar-refractivity contribution < 1.29 is 27.5 Å². The molecule has 1 heterocycles. The third-order valence-electron chi connectivity index (χ3n) is 6.00. The Morgan fingerprint density at radius 3 is 2.41 bits per heavy atom. The van der Waals surface area contributed by atoms with E-state index in [4.69, 9.17) is 10.00 Å². The summed E-state index contributed by atoms with van der Waals surface area (Å²) in [6.45, 7) is 0.414. The summed E-state index contributed by atoms with van der Waals surface area (Å²) < 4.78 is 45.5. The Balaban J connectivity index is 1.60. The number of anilines is 1. The largest absolute Gasteiger partial charge is 0.497 e. The van der Waals surface area contributed by atoms with Gasteiger partial charge < -0.3 is 19.9 Å². The minimum Gasteiger partial charge on any atom is -0.497 e. The number of carbonyl (C=O) groups excluding carboxylic acids is 2. The smallest absolute Gasteiger partial charge is 0.417 e. The maximum absolute atomic E-state index is 13.5. The molecule has 10 heteroatoms. The maximum atomic E-state index is 13.5. The highest BCUT2D eigenvalue weighted by Crippen LogP contribution is 2.35. The summed E-state index contributed by atoms with van der Waals surface area (Å²) in [6, 6.07) is 10.8. The second-order valence-electron chi connectivity index (χ2n) is 8.31. The van der Waals surface area contributed by atoms with Crippen molar-refractivity contribution in [1.29, 1.82) is 5.26 Å². The van der Waals surface area contributed by atoms with Crippen LogP contribution in [0.5, 0.6) is 5.75 Å². The van der Waals surface area contributed by atoms with Crippen LogP contribution < -0.4 is 15.0 Å². The zero-order valence-electron chi connectivity index (χ0n) is 18.4. The van der Waals surface area contributed by atoms with Gasteiger partial charge in [-0.3, -0.25) is 9.59 Å². The van der Waals surface area contributed by atoms with E-state index in [1.54, 1.807) is 35.2 Å². The van der Waals surface area contributed by atoms with Gasteiger partial charge in [0.2, 0.25) is 5.91 Å². The molecular formula is C24H23F3N4O3. The lowest BCUT2D eigenvalue weighted by Gasteiger charge is -2.41. The second kappa shape index (κ2) is 9.25. The summed E-state index contributed by atoms with van der Waals surface area (Å²) in [5, 5.41) is 12.0. The lowest BCUT2D eigenvalue weighted by Crippen LogP contribution is -2.61. The van der Waals surface area contributed by atoms with E-state index in [1.165, 1.54) is 18.1 Å². The van der Waals surface area contributed by atoms with E-state index in [2.05, 4.69) is 5.32 Å². The molecule has 0 radical (unpaired) electrons. The number of halogens is 3. The van der Waals surface area contributed by atoms with Crippen LogP contribution in [0.25, 0.3) is 0 Å². The number of carbonyl (C=O) groups is 2. The molecule has 2 fully saturated rings. The fraction of sp³-hybridized carbons (Fsp3) is 0.375. The van der Waals surface area contributed by atoms with Crippen LogP contribution in [-0.2, 0) is 11.0 Å². The van der Waals surface area contributed by atoms with Gasteiger partial charge in [-0.25, -0.2) is 0 Å². The van der Waals surface area contributed by atoms with Crippen molar-refractivity contribution in [2.75, 3.05) is 31.6 Å². The van der Waals surface area contributed by atoms with Gasteiger partial charge >= 0.3 is 6.18 Å². The van der Waals surface area contributed by atoms with E-state index in [9.17, 15) is 22.8 Å². The number of alkyl halides is 3. The first-order valence-electron chi connectivity index (χ1n) is 10.8. The summed E-state index contributed by atoms with van der Waals surface area (Å²) in [7, 11) is 1.52. The average Bonchev–Trinajstić information content (AvgIpc) is 3.66. The van der Waals surface area contributed by atoms with Gasteiger partial charge in [-0.15, -0.1) is 0 Å². The van der Waals surface area contributed by atoms with Crippen LogP contribution in [0.1, 0.15) is 34.3 Å².